The lowest BCUT2D eigenvalue weighted by Crippen LogP contribution is -2.27. The minimum atomic E-state index is 0.759. The highest BCUT2D eigenvalue weighted by atomic mass is 15.2. The molecule has 0 bridgehead atoms. The molecule has 19 heavy (non-hydrogen) atoms. The summed E-state index contributed by atoms with van der Waals surface area (Å²) >= 11 is 0. The number of hydrogen-bond donors (Lipinski definition) is 2. The van der Waals surface area contributed by atoms with Crippen molar-refractivity contribution in [3.8, 4) is 0 Å². The molecule has 0 aromatic carbocycles. The lowest BCUT2D eigenvalue weighted by Gasteiger charge is -2.18. The van der Waals surface area contributed by atoms with E-state index in [0.29, 0.717) is 0 Å². The lowest BCUT2D eigenvalue weighted by atomic mass is 10.4. The maximum atomic E-state index is 4.27. The van der Waals surface area contributed by atoms with Crippen molar-refractivity contribution in [1.82, 2.24) is 20.3 Å². The fourth-order valence-corrected chi connectivity index (χ4v) is 1.60. The third kappa shape index (κ3) is 3.89. The second kappa shape index (κ2) is 6.65. The molecule has 0 amide bonds. The van der Waals surface area contributed by atoms with Crippen LogP contribution in [0.1, 0.15) is 0 Å². The van der Waals surface area contributed by atoms with E-state index < -0.39 is 0 Å². The van der Waals surface area contributed by atoms with Crippen LogP contribution in [0.25, 0.3) is 0 Å². The monoisotopic (exact) mass is 258 g/mol. The second-order valence-corrected chi connectivity index (χ2v) is 4.15. The summed E-state index contributed by atoms with van der Waals surface area (Å²) in [6.07, 6.45) is 5.05. The number of likely N-dealkylation sites (N-methyl/N-ethyl adjacent to an activating group) is 2. The van der Waals surface area contributed by atoms with E-state index in [0.717, 1.165) is 30.4 Å². The van der Waals surface area contributed by atoms with Crippen LogP contribution in [0, 0.1) is 0 Å². The lowest BCUT2D eigenvalue weighted by molar-refractivity contribution is 0.760. The zero-order chi connectivity index (χ0) is 13.5. The fourth-order valence-electron chi connectivity index (χ4n) is 1.60. The van der Waals surface area contributed by atoms with E-state index in [1.807, 2.05) is 32.3 Å². The summed E-state index contributed by atoms with van der Waals surface area (Å²) in [5.41, 5.74) is 0.907. The van der Waals surface area contributed by atoms with E-state index in [9.17, 15) is 0 Å². The minimum Gasteiger partial charge on any atom is -0.358 e. The SMILES string of the molecule is CNCCN(C)c1cc(Nc2cccnc2)ncn1. The van der Waals surface area contributed by atoms with E-state index in [2.05, 4.69) is 30.5 Å². The van der Waals surface area contributed by atoms with Crippen molar-refractivity contribution in [3.05, 3.63) is 36.9 Å². The highest BCUT2D eigenvalue weighted by molar-refractivity contribution is 5.58. The van der Waals surface area contributed by atoms with Crippen LogP contribution >= 0.6 is 0 Å². The average molecular weight is 258 g/mol. The van der Waals surface area contributed by atoms with Gasteiger partial charge in [-0.1, -0.05) is 0 Å². The van der Waals surface area contributed by atoms with E-state index in [1.54, 1.807) is 18.7 Å². The van der Waals surface area contributed by atoms with Gasteiger partial charge in [0.05, 0.1) is 11.9 Å². The van der Waals surface area contributed by atoms with Gasteiger partial charge in [-0.05, 0) is 19.2 Å². The molecule has 2 heterocycles. The zero-order valence-corrected chi connectivity index (χ0v) is 11.2. The van der Waals surface area contributed by atoms with Crippen molar-refractivity contribution in [3.63, 3.8) is 0 Å². The molecule has 0 aliphatic carbocycles. The first-order chi connectivity index (χ1) is 9.29. The van der Waals surface area contributed by atoms with Gasteiger partial charge in [-0.2, -0.15) is 0 Å². The predicted octanol–water partition coefficient (Wildman–Crippen LogP) is 1.27. The number of nitrogens with zero attached hydrogens (tertiary/aromatic N) is 4. The van der Waals surface area contributed by atoms with Gasteiger partial charge in [-0.25, -0.2) is 9.97 Å². The highest BCUT2D eigenvalue weighted by Crippen LogP contribution is 2.16. The van der Waals surface area contributed by atoms with Gasteiger partial charge in [0.2, 0.25) is 0 Å². The molecule has 0 aliphatic heterocycles. The van der Waals surface area contributed by atoms with E-state index >= 15 is 0 Å². The van der Waals surface area contributed by atoms with Crippen LogP contribution in [0.3, 0.4) is 0 Å². The van der Waals surface area contributed by atoms with E-state index in [4.69, 9.17) is 0 Å². The molecule has 0 fully saturated rings. The zero-order valence-electron chi connectivity index (χ0n) is 11.2. The molecule has 0 unspecified atom stereocenters. The van der Waals surface area contributed by atoms with Crippen molar-refractivity contribution in [2.45, 2.75) is 0 Å². The van der Waals surface area contributed by atoms with Crippen LogP contribution in [0.15, 0.2) is 36.9 Å². The standard InChI is InChI=1S/C13H18N6/c1-14-6-7-19(2)13-8-12(16-10-17-13)18-11-4-3-5-15-9-11/h3-5,8-10,14H,6-7H2,1-2H3,(H,16,17,18). The number of anilines is 3. The third-order valence-electron chi connectivity index (χ3n) is 2.67. The molecule has 2 rings (SSSR count). The van der Waals surface area contributed by atoms with Gasteiger partial charge < -0.3 is 15.5 Å². The molecule has 0 saturated carbocycles. The minimum absolute atomic E-state index is 0.759. The number of nitrogens with one attached hydrogen (secondary N) is 2. The molecule has 100 valence electrons. The van der Waals surface area contributed by atoms with Crippen molar-refractivity contribution < 1.29 is 0 Å². The van der Waals surface area contributed by atoms with Crippen molar-refractivity contribution in [1.29, 1.82) is 0 Å². The Balaban J connectivity index is 2.06. The molecular formula is C13H18N6. The van der Waals surface area contributed by atoms with Gasteiger partial charge in [-0.3, -0.25) is 4.98 Å². The smallest absolute Gasteiger partial charge is 0.135 e. The molecule has 2 aromatic rings. The molecular weight excluding hydrogens is 240 g/mol. The predicted molar refractivity (Wildman–Crippen MR) is 76.7 cm³/mol. The van der Waals surface area contributed by atoms with Crippen molar-refractivity contribution >= 4 is 17.3 Å². The fraction of sp³-hybridized carbons (Fsp3) is 0.308. The maximum Gasteiger partial charge on any atom is 0.135 e. The van der Waals surface area contributed by atoms with Gasteiger partial charge in [0.15, 0.2) is 0 Å². The largest absolute Gasteiger partial charge is 0.358 e. The molecule has 0 saturated heterocycles. The Kier molecular flexibility index (Phi) is 4.63. The van der Waals surface area contributed by atoms with Crippen LogP contribution in [0.5, 0.6) is 0 Å². The van der Waals surface area contributed by atoms with Crippen LogP contribution in [0.4, 0.5) is 17.3 Å². The Labute approximate surface area is 112 Å². The van der Waals surface area contributed by atoms with Crippen LogP contribution < -0.4 is 15.5 Å². The van der Waals surface area contributed by atoms with Crippen LogP contribution in [0.2, 0.25) is 0 Å². The summed E-state index contributed by atoms with van der Waals surface area (Å²) in [6.45, 7) is 1.80. The Morgan fingerprint density at radius 3 is 2.95 bits per heavy atom. The van der Waals surface area contributed by atoms with Gasteiger partial charge >= 0.3 is 0 Å². The number of pyridine rings is 1. The van der Waals surface area contributed by atoms with Gasteiger partial charge in [0.25, 0.3) is 0 Å². The van der Waals surface area contributed by atoms with E-state index in [-0.39, 0.29) is 0 Å². The highest BCUT2D eigenvalue weighted by Gasteiger charge is 2.04. The first kappa shape index (κ1) is 13.2. The third-order valence-corrected chi connectivity index (χ3v) is 2.67. The normalized spacial score (nSPS) is 10.2. The van der Waals surface area contributed by atoms with Gasteiger partial charge in [0.1, 0.15) is 18.0 Å². The molecule has 0 aliphatic rings. The molecule has 6 nitrogen and oxygen atoms in total. The second-order valence-electron chi connectivity index (χ2n) is 4.15. The van der Waals surface area contributed by atoms with Crippen LogP contribution in [-0.4, -0.2) is 42.1 Å². The summed E-state index contributed by atoms with van der Waals surface area (Å²) in [4.78, 5) is 14.6. The Morgan fingerprint density at radius 1 is 1.32 bits per heavy atom. The quantitative estimate of drug-likeness (QED) is 0.813. The van der Waals surface area contributed by atoms with Gasteiger partial charge in [-0.15, -0.1) is 0 Å². The summed E-state index contributed by atoms with van der Waals surface area (Å²) in [7, 11) is 3.94. The Hall–Kier alpha value is -2.21. The topological polar surface area (TPSA) is 66.0 Å². The number of aromatic nitrogens is 3. The number of hydrogen-bond acceptors (Lipinski definition) is 6. The molecule has 0 radical (unpaired) electrons. The Morgan fingerprint density at radius 2 is 2.21 bits per heavy atom. The maximum absolute atomic E-state index is 4.27. The molecule has 0 spiro atoms. The summed E-state index contributed by atoms with van der Waals surface area (Å²) in [6, 6.07) is 5.74. The average Bonchev–Trinajstić information content (AvgIpc) is 2.46. The molecule has 2 aromatic heterocycles. The summed E-state index contributed by atoms with van der Waals surface area (Å²) in [5.74, 6) is 1.64. The van der Waals surface area contributed by atoms with E-state index in [1.165, 1.54) is 0 Å². The molecule has 0 atom stereocenters. The first-order valence-electron chi connectivity index (χ1n) is 6.14. The number of rotatable bonds is 6. The first-order valence-corrected chi connectivity index (χ1v) is 6.14. The Bertz CT molecular complexity index is 501. The van der Waals surface area contributed by atoms with Crippen molar-refractivity contribution in [2.24, 2.45) is 0 Å². The summed E-state index contributed by atoms with van der Waals surface area (Å²) in [5, 5.41) is 6.31. The summed E-state index contributed by atoms with van der Waals surface area (Å²) < 4.78 is 0. The van der Waals surface area contributed by atoms with Gasteiger partial charge in [0, 0.05) is 32.4 Å². The van der Waals surface area contributed by atoms with Crippen molar-refractivity contribution in [2.75, 3.05) is 37.4 Å². The molecule has 6 heteroatoms. The van der Waals surface area contributed by atoms with Crippen LogP contribution in [-0.2, 0) is 0 Å². The molecule has 2 N–H and O–H groups in total.